The summed E-state index contributed by atoms with van der Waals surface area (Å²) in [7, 11) is 1.25. The molecule has 1 aliphatic heterocycles. The Morgan fingerprint density at radius 3 is 2.71 bits per heavy atom. The van der Waals surface area contributed by atoms with Gasteiger partial charge >= 0.3 is 0 Å². The third kappa shape index (κ3) is 4.93. The molecular formula is C25H26F4N8O. The van der Waals surface area contributed by atoms with Gasteiger partial charge in [0.05, 0.1) is 37.1 Å². The van der Waals surface area contributed by atoms with Crippen LogP contribution in [0.4, 0.5) is 29.1 Å². The monoisotopic (exact) mass is 530 g/mol. The highest BCUT2D eigenvalue weighted by Gasteiger charge is 2.35. The van der Waals surface area contributed by atoms with Crippen molar-refractivity contribution in [3.8, 4) is 17.0 Å². The number of piperidine rings is 1. The number of nitrogen functional groups attached to an aromatic ring is 1. The molecule has 4 heterocycles. The van der Waals surface area contributed by atoms with Crippen molar-refractivity contribution >= 4 is 22.7 Å². The first-order valence-electron chi connectivity index (χ1n) is 11.9. The molecule has 1 saturated heterocycles. The molecule has 3 aromatic heterocycles. The molecule has 0 spiro atoms. The molecule has 200 valence electrons. The standard InChI is InChI=1S/C25H26F4N8O/c1-38-20-8-15(26)14(7-16(20)27)17-3-4-19(36-6-2-5-25(31,11-36)9-21(28)29)18(35-17)10-37-13-34-22-23(30)32-12-33-24(22)37/h3-4,7-8,12-13,21H,2,5-6,9-11,31H2,1H3,(H2,30,32,33)/t25-/m0/s1. The molecule has 1 atom stereocenters. The summed E-state index contributed by atoms with van der Waals surface area (Å²) in [6, 6.07) is 5.26. The van der Waals surface area contributed by atoms with Crippen molar-refractivity contribution in [3.05, 3.63) is 54.2 Å². The van der Waals surface area contributed by atoms with Crippen molar-refractivity contribution in [2.45, 2.75) is 37.8 Å². The number of imidazole rings is 1. The zero-order valence-electron chi connectivity index (χ0n) is 20.5. The molecule has 0 unspecified atom stereocenters. The minimum Gasteiger partial charge on any atom is -0.494 e. The number of methoxy groups -OCH3 is 1. The molecule has 0 aliphatic carbocycles. The maximum absolute atomic E-state index is 14.9. The summed E-state index contributed by atoms with van der Waals surface area (Å²) in [5.41, 5.74) is 13.3. The van der Waals surface area contributed by atoms with E-state index >= 15 is 0 Å². The Balaban J connectivity index is 1.59. The lowest BCUT2D eigenvalue weighted by Gasteiger charge is -2.42. The lowest BCUT2D eigenvalue weighted by atomic mass is 9.86. The number of benzene rings is 1. The molecule has 0 bridgehead atoms. The van der Waals surface area contributed by atoms with Gasteiger partial charge in [0.25, 0.3) is 0 Å². The largest absolute Gasteiger partial charge is 0.494 e. The van der Waals surface area contributed by atoms with E-state index in [2.05, 4.69) is 19.9 Å². The Morgan fingerprint density at radius 2 is 1.95 bits per heavy atom. The zero-order valence-corrected chi connectivity index (χ0v) is 20.5. The number of ether oxygens (including phenoxy) is 1. The number of aromatic nitrogens is 5. The van der Waals surface area contributed by atoms with Crippen LogP contribution in [-0.2, 0) is 6.54 Å². The van der Waals surface area contributed by atoms with Crippen molar-refractivity contribution in [2.75, 3.05) is 30.8 Å². The molecular weight excluding hydrogens is 504 g/mol. The van der Waals surface area contributed by atoms with Crippen LogP contribution in [0.3, 0.4) is 0 Å². The number of halogens is 4. The molecule has 1 aliphatic rings. The zero-order chi connectivity index (χ0) is 27.0. The van der Waals surface area contributed by atoms with E-state index in [9.17, 15) is 17.6 Å². The second kappa shape index (κ2) is 10.0. The van der Waals surface area contributed by atoms with Gasteiger partial charge < -0.3 is 25.7 Å². The molecule has 4 N–H and O–H groups in total. The van der Waals surface area contributed by atoms with Crippen LogP contribution in [0.15, 0.2) is 36.9 Å². The summed E-state index contributed by atoms with van der Waals surface area (Å²) in [5, 5.41) is 0. The Kier molecular flexibility index (Phi) is 6.78. The van der Waals surface area contributed by atoms with Gasteiger partial charge in [-0.25, -0.2) is 37.5 Å². The third-order valence-corrected chi connectivity index (χ3v) is 6.73. The number of nitrogens with two attached hydrogens (primary N) is 2. The van der Waals surface area contributed by atoms with Gasteiger partial charge in [0.1, 0.15) is 17.7 Å². The Morgan fingerprint density at radius 1 is 1.13 bits per heavy atom. The van der Waals surface area contributed by atoms with Crippen LogP contribution < -0.4 is 21.1 Å². The lowest BCUT2D eigenvalue weighted by molar-refractivity contribution is 0.0983. The van der Waals surface area contributed by atoms with Crippen molar-refractivity contribution in [3.63, 3.8) is 0 Å². The number of rotatable bonds is 7. The summed E-state index contributed by atoms with van der Waals surface area (Å²) < 4.78 is 62.4. The Bertz CT molecular complexity index is 1480. The fraction of sp³-hybridized carbons (Fsp3) is 0.360. The van der Waals surface area contributed by atoms with Crippen LogP contribution in [0, 0.1) is 11.6 Å². The highest BCUT2D eigenvalue weighted by Crippen LogP contribution is 2.34. The lowest BCUT2D eigenvalue weighted by Crippen LogP contribution is -2.55. The second-order valence-electron chi connectivity index (χ2n) is 9.42. The molecule has 38 heavy (non-hydrogen) atoms. The highest BCUT2D eigenvalue weighted by atomic mass is 19.3. The van der Waals surface area contributed by atoms with Crippen LogP contribution in [0.2, 0.25) is 0 Å². The smallest absolute Gasteiger partial charge is 0.240 e. The molecule has 5 rings (SSSR count). The Labute approximate surface area is 215 Å². The summed E-state index contributed by atoms with van der Waals surface area (Å²) in [4.78, 5) is 19.1. The first-order valence-corrected chi connectivity index (χ1v) is 11.9. The quantitative estimate of drug-likeness (QED) is 0.347. The fourth-order valence-corrected chi connectivity index (χ4v) is 4.95. The molecule has 1 fully saturated rings. The molecule has 0 amide bonds. The summed E-state index contributed by atoms with van der Waals surface area (Å²) in [6.45, 7) is 0.900. The number of fused-ring (bicyclic) bond motifs is 1. The molecule has 0 radical (unpaired) electrons. The van der Waals surface area contributed by atoms with E-state index in [1.54, 1.807) is 16.7 Å². The van der Waals surface area contributed by atoms with Crippen LogP contribution >= 0.6 is 0 Å². The van der Waals surface area contributed by atoms with Crippen molar-refractivity contribution < 1.29 is 22.3 Å². The minimum absolute atomic E-state index is 0.0531. The normalized spacial score (nSPS) is 17.9. The number of nitrogens with zero attached hydrogens (tertiary/aromatic N) is 6. The third-order valence-electron chi connectivity index (χ3n) is 6.73. The van der Waals surface area contributed by atoms with Crippen LogP contribution in [0.5, 0.6) is 5.75 Å². The van der Waals surface area contributed by atoms with Crippen molar-refractivity contribution in [1.29, 1.82) is 0 Å². The number of hydrogen-bond acceptors (Lipinski definition) is 8. The van der Waals surface area contributed by atoms with E-state index in [4.69, 9.17) is 16.2 Å². The molecule has 13 heteroatoms. The molecule has 9 nitrogen and oxygen atoms in total. The van der Waals surface area contributed by atoms with Gasteiger partial charge in [-0.2, -0.15) is 0 Å². The predicted molar refractivity (Wildman–Crippen MR) is 134 cm³/mol. The summed E-state index contributed by atoms with van der Waals surface area (Å²) in [6.07, 6.45) is 0.960. The van der Waals surface area contributed by atoms with Crippen molar-refractivity contribution in [2.24, 2.45) is 5.73 Å². The van der Waals surface area contributed by atoms with E-state index in [1.165, 1.54) is 19.8 Å². The van der Waals surface area contributed by atoms with Gasteiger partial charge in [-0.15, -0.1) is 0 Å². The maximum atomic E-state index is 14.9. The number of pyridine rings is 1. The highest BCUT2D eigenvalue weighted by molar-refractivity contribution is 5.81. The molecule has 4 aromatic rings. The van der Waals surface area contributed by atoms with Crippen molar-refractivity contribution in [1.82, 2.24) is 24.5 Å². The first kappa shape index (κ1) is 25.6. The Hall–Kier alpha value is -4.00. The van der Waals surface area contributed by atoms with Gasteiger partial charge in [0.15, 0.2) is 23.0 Å². The molecule has 0 saturated carbocycles. The van der Waals surface area contributed by atoms with Crippen LogP contribution in [0.25, 0.3) is 22.4 Å². The van der Waals surface area contributed by atoms with E-state index in [1.807, 2.05) is 4.90 Å². The van der Waals surface area contributed by atoms with Crippen LogP contribution in [-0.4, -0.2) is 56.7 Å². The van der Waals surface area contributed by atoms with Gasteiger partial charge in [-0.05, 0) is 31.0 Å². The second-order valence-corrected chi connectivity index (χ2v) is 9.42. The maximum Gasteiger partial charge on any atom is 0.240 e. The SMILES string of the molecule is COc1cc(F)c(-c2ccc(N3CCC[C@](N)(CC(F)F)C3)c(Cn3cnc4c(N)ncnc43)n2)cc1F. The van der Waals surface area contributed by atoms with E-state index in [0.29, 0.717) is 41.9 Å². The molecule has 1 aromatic carbocycles. The van der Waals surface area contributed by atoms with E-state index in [0.717, 1.165) is 12.1 Å². The van der Waals surface area contributed by atoms with E-state index in [-0.39, 0.29) is 35.9 Å². The first-order chi connectivity index (χ1) is 18.2. The number of hydrogen-bond donors (Lipinski definition) is 2. The van der Waals surface area contributed by atoms with Gasteiger partial charge in [0, 0.05) is 36.7 Å². The average molecular weight is 531 g/mol. The van der Waals surface area contributed by atoms with Crippen LogP contribution in [0.1, 0.15) is 25.0 Å². The fourth-order valence-electron chi connectivity index (χ4n) is 4.95. The topological polar surface area (TPSA) is 121 Å². The summed E-state index contributed by atoms with van der Waals surface area (Å²) in [5.74, 6) is -1.46. The predicted octanol–water partition coefficient (Wildman–Crippen LogP) is 3.76. The van der Waals surface area contributed by atoms with Gasteiger partial charge in [-0.1, -0.05) is 0 Å². The van der Waals surface area contributed by atoms with E-state index < -0.39 is 30.0 Å². The average Bonchev–Trinajstić information content (AvgIpc) is 3.28. The van der Waals surface area contributed by atoms with Gasteiger partial charge in [0.2, 0.25) is 6.43 Å². The summed E-state index contributed by atoms with van der Waals surface area (Å²) >= 11 is 0. The number of alkyl halides is 2. The number of anilines is 2. The van der Waals surface area contributed by atoms with Gasteiger partial charge in [-0.3, -0.25) is 0 Å². The minimum atomic E-state index is -2.53.